The fourth-order valence-corrected chi connectivity index (χ4v) is 1.83. The Morgan fingerprint density at radius 3 is 2.45 bits per heavy atom. The predicted octanol–water partition coefficient (Wildman–Crippen LogP) is 2.21. The lowest BCUT2D eigenvalue weighted by atomic mass is 10.0. The highest BCUT2D eigenvalue weighted by molar-refractivity contribution is 5.29. The lowest BCUT2D eigenvalue weighted by Crippen LogP contribution is -2.29. The molecule has 0 aromatic heterocycles. The molecule has 1 unspecified atom stereocenters. The first-order chi connectivity index (χ1) is 9.38. The zero-order chi connectivity index (χ0) is 15.2. The van der Waals surface area contributed by atoms with Gasteiger partial charge in [0.15, 0.2) is 0 Å². The van der Waals surface area contributed by atoms with Gasteiger partial charge in [-0.2, -0.15) is 13.2 Å². The monoisotopic (exact) mass is 294 g/mol. The first-order valence-electron chi connectivity index (χ1n) is 6.30. The number of rotatable bonds is 7. The average molecular weight is 294 g/mol. The molecule has 1 atom stereocenters. The SMILES string of the molecule is NCC(NCCCCO)c1cc(F)cc(C(F)(F)F)c1. The Morgan fingerprint density at radius 2 is 1.90 bits per heavy atom. The normalized spacial score (nSPS) is 13.5. The van der Waals surface area contributed by atoms with Gasteiger partial charge in [0, 0.05) is 19.2 Å². The molecular formula is C13H18F4N2O. The van der Waals surface area contributed by atoms with Crippen LogP contribution in [0.4, 0.5) is 17.6 Å². The minimum absolute atomic E-state index is 0.0488. The number of alkyl halides is 3. The van der Waals surface area contributed by atoms with Crippen molar-refractivity contribution in [3.05, 3.63) is 35.1 Å². The van der Waals surface area contributed by atoms with Crippen LogP contribution in [0.5, 0.6) is 0 Å². The van der Waals surface area contributed by atoms with Gasteiger partial charge in [0.1, 0.15) is 5.82 Å². The molecule has 1 aromatic carbocycles. The highest BCUT2D eigenvalue weighted by Crippen LogP contribution is 2.31. The van der Waals surface area contributed by atoms with E-state index in [0.717, 1.165) is 12.1 Å². The van der Waals surface area contributed by atoms with Crippen LogP contribution in [0.15, 0.2) is 18.2 Å². The van der Waals surface area contributed by atoms with E-state index in [1.54, 1.807) is 0 Å². The molecule has 114 valence electrons. The van der Waals surface area contributed by atoms with Gasteiger partial charge in [-0.3, -0.25) is 0 Å². The highest BCUT2D eigenvalue weighted by atomic mass is 19.4. The number of aliphatic hydroxyl groups excluding tert-OH is 1. The van der Waals surface area contributed by atoms with E-state index >= 15 is 0 Å². The molecule has 0 fully saturated rings. The van der Waals surface area contributed by atoms with Crippen molar-refractivity contribution in [3.8, 4) is 0 Å². The summed E-state index contributed by atoms with van der Waals surface area (Å²) in [5.41, 5.74) is 4.66. The van der Waals surface area contributed by atoms with E-state index in [1.807, 2.05) is 0 Å². The molecule has 0 bridgehead atoms. The predicted molar refractivity (Wildman–Crippen MR) is 67.5 cm³/mol. The van der Waals surface area contributed by atoms with Crippen molar-refractivity contribution >= 4 is 0 Å². The summed E-state index contributed by atoms with van der Waals surface area (Å²) in [5, 5.41) is 11.6. The van der Waals surface area contributed by atoms with Gasteiger partial charge in [-0.15, -0.1) is 0 Å². The van der Waals surface area contributed by atoms with Gasteiger partial charge >= 0.3 is 6.18 Å². The molecule has 20 heavy (non-hydrogen) atoms. The summed E-state index contributed by atoms with van der Waals surface area (Å²) in [5.74, 6) is -0.939. The summed E-state index contributed by atoms with van der Waals surface area (Å²) in [6.45, 7) is 0.591. The van der Waals surface area contributed by atoms with E-state index in [-0.39, 0.29) is 18.7 Å². The average Bonchev–Trinajstić information content (AvgIpc) is 2.37. The summed E-state index contributed by atoms with van der Waals surface area (Å²) in [7, 11) is 0. The molecule has 0 amide bonds. The number of halogens is 4. The maximum atomic E-state index is 13.3. The minimum Gasteiger partial charge on any atom is -0.396 e. The Morgan fingerprint density at radius 1 is 1.20 bits per heavy atom. The van der Waals surface area contributed by atoms with Crippen LogP contribution >= 0.6 is 0 Å². The Kier molecular flexibility index (Phi) is 6.38. The first-order valence-corrected chi connectivity index (χ1v) is 6.30. The van der Waals surface area contributed by atoms with Crippen LogP contribution in [-0.2, 0) is 6.18 Å². The maximum absolute atomic E-state index is 13.3. The summed E-state index contributed by atoms with van der Waals surface area (Å²) in [4.78, 5) is 0. The van der Waals surface area contributed by atoms with Crippen molar-refractivity contribution in [3.63, 3.8) is 0 Å². The lowest BCUT2D eigenvalue weighted by molar-refractivity contribution is -0.137. The highest BCUT2D eigenvalue weighted by Gasteiger charge is 2.31. The fourth-order valence-electron chi connectivity index (χ4n) is 1.83. The topological polar surface area (TPSA) is 58.3 Å². The van der Waals surface area contributed by atoms with E-state index in [0.29, 0.717) is 25.5 Å². The van der Waals surface area contributed by atoms with Crippen molar-refractivity contribution in [2.45, 2.75) is 25.1 Å². The van der Waals surface area contributed by atoms with E-state index in [9.17, 15) is 17.6 Å². The van der Waals surface area contributed by atoms with Gasteiger partial charge < -0.3 is 16.2 Å². The second kappa shape index (κ2) is 7.56. The fraction of sp³-hybridized carbons (Fsp3) is 0.538. The van der Waals surface area contributed by atoms with Gasteiger partial charge in [-0.25, -0.2) is 4.39 Å². The molecule has 0 spiro atoms. The molecule has 1 rings (SSSR count). The van der Waals surface area contributed by atoms with Gasteiger partial charge in [0.05, 0.1) is 5.56 Å². The molecule has 3 nitrogen and oxygen atoms in total. The van der Waals surface area contributed by atoms with Crippen molar-refractivity contribution < 1.29 is 22.7 Å². The largest absolute Gasteiger partial charge is 0.416 e. The Bertz CT molecular complexity index is 423. The minimum atomic E-state index is -4.59. The van der Waals surface area contributed by atoms with Crippen LogP contribution in [0.3, 0.4) is 0 Å². The number of nitrogens with one attached hydrogen (secondary N) is 1. The Hall–Kier alpha value is -1.18. The van der Waals surface area contributed by atoms with Gasteiger partial charge in [0.2, 0.25) is 0 Å². The number of nitrogens with two attached hydrogens (primary N) is 1. The molecule has 0 aliphatic rings. The van der Waals surface area contributed by atoms with Crippen LogP contribution in [0, 0.1) is 5.82 Å². The molecule has 7 heteroatoms. The quantitative estimate of drug-likeness (QED) is 0.534. The molecule has 4 N–H and O–H groups in total. The Balaban J connectivity index is 2.84. The number of hydrogen-bond acceptors (Lipinski definition) is 3. The summed E-state index contributed by atoms with van der Waals surface area (Å²) in [6, 6.07) is 1.86. The third-order valence-corrected chi connectivity index (χ3v) is 2.86. The number of hydrogen-bond donors (Lipinski definition) is 3. The number of aliphatic hydroxyl groups is 1. The molecule has 0 aliphatic carbocycles. The Labute approximate surface area is 114 Å². The van der Waals surface area contributed by atoms with Crippen molar-refractivity contribution in [2.24, 2.45) is 5.73 Å². The molecule has 0 heterocycles. The van der Waals surface area contributed by atoms with Crippen LogP contribution in [0.25, 0.3) is 0 Å². The zero-order valence-corrected chi connectivity index (χ0v) is 10.9. The van der Waals surface area contributed by atoms with Crippen molar-refractivity contribution in [1.29, 1.82) is 0 Å². The van der Waals surface area contributed by atoms with Crippen LogP contribution in [0.1, 0.15) is 30.0 Å². The zero-order valence-electron chi connectivity index (χ0n) is 10.9. The molecule has 0 aliphatic heterocycles. The van der Waals surface area contributed by atoms with Crippen LogP contribution < -0.4 is 11.1 Å². The number of unbranched alkanes of at least 4 members (excludes halogenated alkanes) is 1. The van der Waals surface area contributed by atoms with Crippen LogP contribution in [0.2, 0.25) is 0 Å². The third kappa shape index (κ3) is 5.07. The number of benzene rings is 1. The molecule has 0 saturated carbocycles. The van der Waals surface area contributed by atoms with E-state index in [1.165, 1.54) is 0 Å². The summed E-state index contributed by atoms with van der Waals surface area (Å²) >= 11 is 0. The van der Waals surface area contributed by atoms with Gasteiger partial charge in [-0.1, -0.05) is 0 Å². The third-order valence-electron chi connectivity index (χ3n) is 2.86. The standard InChI is InChI=1S/C13H18F4N2O/c14-11-6-9(5-10(7-11)13(15,16)17)12(8-18)19-3-1-2-4-20/h5-7,12,19-20H,1-4,8,18H2. The molecule has 1 aromatic rings. The van der Waals surface area contributed by atoms with Crippen LogP contribution in [-0.4, -0.2) is 24.8 Å². The van der Waals surface area contributed by atoms with Crippen molar-refractivity contribution in [1.82, 2.24) is 5.32 Å². The summed E-state index contributed by atoms with van der Waals surface area (Å²) < 4.78 is 51.2. The van der Waals surface area contributed by atoms with E-state index in [2.05, 4.69) is 5.32 Å². The first kappa shape index (κ1) is 16.9. The van der Waals surface area contributed by atoms with E-state index in [4.69, 9.17) is 10.8 Å². The van der Waals surface area contributed by atoms with Crippen molar-refractivity contribution in [2.75, 3.05) is 19.7 Å². The van der Waals surface area contributed by atoms with Gasteiger partial charge in [0.25, 0.3) is 0 Å². The smallest absolute Gasteiger partial charge is 0.396 e. The molecule has 0 radical (unpaired) electrons. The molecule has 0 saturated heterocycles. The molecular weight excluding hydrogens is 276 g/mol. The van der Waals surface area contributed by atoms with E-state index < -0.39 is 23.6 Å². The lowest BCUT2D eigenvalue weighted by Gasteiger charge is -2.19. The van der Waals surface area contributed by atoms with Gasteiger partial charge in [-0.05, 0) is 43.1 Å². The summed E-state index contributed by atoms with van der Waals surface area (Å²) in [6.07, 6.45) is -3.34. The maximum Gasteiger partial charge on any atom is 0.416 e. The second-order valence-electron chi connectivity index (χ2n) is 4.44. The second-order valence-corrected chi connectivity index (χ2v) is 4.44.